The molecule has 0 aromatic heterocycles. The number of carbonyl (C=O) groups excluding carboxylic acids is 3. The summed E-state index contributed by atoms with van der Waals surface area (Å²) in [7, 11) is 0. The van der Waals surface area contributed by atoms with E-state index in [1.165, 1.54) is 51.4 Å². The largest absolute Gasteiger partial charge is 0.462 e. The van der Waals surface area contributed by atoms with E-state index >= 15 is 0 Å². The van der Waals surface area contributed by atoms with Crippen LogP contribution < -0.4 is 0 Å². The monoisotopic (exact) mass is 1060 g/mol. The van der Waals surface area contributed by atoms with Crippen molar-refractivity contribution in [3.63, 3.8) is 0 Å². The number of carbonyl (C=O) groups is 3. The third-order valence-electron chi connectivity index (χ3n) is 12.8. The fraction of sp³-hybridized carbons (Fsp3) is 0.620. The van der Waals surface area contributed by atoms with Crippen molar-refractivity contribution in [3.8, 4) is 0 Å². The Kier molecular flexibility index (Phi) is 59.9. The van der Waals surface area contributed by atoms with Crippen molar-refractivity contribution in [2.75, 3.05) is 13.2 Å². The van der Waals surface area contributed by atoms with Gasteiger partial charge in [-0.3, -0.25) is 14.4 Å². The van der Waals surface area contributed by atoms with Crippen LogP contribution in [-0.2, 0) is 28.6 Å². The van der Waals surface area contributed by atoms with E-state index in [0.29, 0.717) is 19.3 Å². The van der Waals surface area contributed by atoms with E-state index in [2.05, 4.69) is 167 Å². The number of rotatable bonds is 55. The number of unbranched alkanes of at least 4 members (excludes halogenated alkanes) is 20. The Morgan fingerprint density at radius 3 is 0.805 bits per heavy atom. The summed E-state index contributed by atoms with van der Waals surface area (Å²) in [5.41, 5.74) is 0. The molecule has 0 fully saturated rings. The average Bonchev–Trinajstić information content (AvgIpc) is 3.43. The summed E-state index contributed by atoms with van der Waals surface area (Å²) in [6.07, 6.45) is 91.2. The molecule has 434 valence electrons. The van der Waals surface area contributed by atoms with E-state index in [-0.39, 0.29) is 31.1 Å². The first-order chi connectivity index (χ1) is 38.0. The van der Waals surface area contributed by atoms with E-state index in [0.717, 1.165) is 173 Å². The van der Waals surface area contributed by atoms with Gasteiger partial charge in [0.25, 0.3) is 0 Å². The fourth-order valence-corrected chi connectivity index (χ4v) is 8.17. The normalized spacial score (nSPS) is 13.1. The predicted octanol–water partition coefficient (Wildman–Crippen LogP) is 21.5. The molecule has 0 aliphatic heterocycles. The van der Waals surface area contributed by atoms with Crippen LogP contribution in [0.4, 0.5) is 0 Å². The van der Waals surface area contributed by atoms with Crippen LogP contribution in [0.3, 0.4) is 0 Å². The van der Waals surface area contributed by atoms with Gasteiger partial charge in [-0.2, -0.15) is 0 Å². The summed E-state index contributed by atoms with van der Waals surface area (Å²) in [6, 6.07) is 0. The first-order valence-corrected chi connectivity index (χ1v) is 31.3. The molecule has 0 aliphatic rings. The second-order valence-corrected chi connectivity index (χ2v) is 20.2. The Labute approximate surface area is 474 Å². The molecule has 0 bridgehead atoms. The molecule has 0 rings (SSSR count). The van der Waals surface area contributed by atoms with Crippen molar-refractivity contribution >= 4 is 17.9 Å². The molecule has 0 saturated heterocycles. The van der Waals surface area contributed by atoms with Gasteiger partial charge in [-0.05, 0) is 141 Å². The van der Waals surface area contributed by atoms with Crippen LogP contribution in [0.1, 0.15) is 265 Å². The second-order valence-electron chi connectivity index (χ2n) is 20.2. The van der Waals surface area contributed by atoms with Crippen LogP contribution in [-0.4, -0.2) is 37.2 Å². The van der Waals surface area contributed by atoms with Crippen LogP contribution in [0.25, 0.3) is 0 Å². The van der Waals surface area contributed by atoms with Crippen molar-refractivity contribution in [3.05, 3.63) is 146 Å². The molecule has 0 heterocycles. The number of hydrogen-bond acceptors (Lipinski definition) is 6. The Balaban J connectivity index is 4.45. The zero-order valence-corrected chi connectivity index (χ0v) is 49.7. The topological polar surface area (TPSA) is 78.9 Å². The summed E-state index contributed by atoms with van der Waals surface area (Å²) < 4.78 is 16.9. The molecule has 0 aromatic carbocycles. The zero-order valence-electron chi connectivity index (χ0n) is 49.7. The Morgan fingerprint density at radius 2 is 0.506 bits per heavy atom. The first-order valence-electron chi connectivity index (χ1n) is 31.3. The highest BCUT2D eigenvalue weighted by Gasteiger charge is 2.19. The lowest BCUT2D eigenvalue weighted by molar-refractivity contribution is -0.167. The predicted molar refractivity (Wildman–Crippen MR) is 334 cm³/mol. The van der Waals surface area contributed by atoms with Gasteiger partial charge in [0, 0.05) is 19.3 Å². The standard InChI is InChI=1S/C71H114O6/c1-4-7-10-13-16-19-22-25-27-29-31-33-34-35-36-38-39-41-43-46-49-52-55-58-61-64-70(73)76-67-68(66-75-69(72)63-60-57-54-51-48-45-24-21-18-15-12-9-6-3)77-71(74)65-62-59-56-53-50-47-44-42-40-37-32-30-28-26-23-20-17-14-11-8-5-2/h7-8,10-11,16-17,19-21,24-28,31-33,35-37,39,41-42,44,68H,4-6,9,12-15,18,22-23,29-30,34,38,40,43,45-67H2,1-3H3/b10-7-,11-8-,19-16-,20-17-,24-21-,27-25-,28-26-,33-31-,36-35-,37-32-,41-39-,44-42-. The molecule has 0 radical (unpaired) electrons. The number of hydrogen-bond donors (Lipinski definition) is 0. The lowest BCUT2D eigenvalue weighted by Crippen LogP contribution is -2.30. The maximum absolute atomic E-state index is 12.9. The summed E-state index contributed by atoms with van der Waals surface area (Å²) in [5.74, 6) is -0.944. The minimum atomic E-state index is -0.806. The van der Waals surface area contributed by atoms with Crippen LogP contribution in [0.2, 0.25) is 0 Å². The SMILES string of the molecule is CC/C=C\C/C=C\C/C=C\C/C=C\C/C=C\C/C=C\CCCCCCCCC(=O)OCC(COC(=O)CCCCCCC/C=C\CCCCCC)OC(=O)CCCCCCC/C=C\C/C=C\C/C=C\C/C=C\C/C=C\CC. The van der Waals surface area contributed by atoms with Gasteiger partial charge < -0.3 is 14.2 Å². The summed E-state index contributed by atoms with van der Waals surface area (Å²) in [6.45, 7) is 6.36. The molecular formula is C71H114O6. The van der Waals surface area contributed by atoms with Gasteiger partial charge in [0.2, 0.25) is 0 Å². The van der Waals surface area contributed by atoms with Crippen LogP contribution in [0, 0.1) is 0 Å². The van der Waals surface area contributed by atoms with Crippen molar-refractivity contribution < 1.29 is 28.6 Å². The van der Waals surface area contributed by atoms with Gasteiger partial charge in [-0.1, -0.05) is 250 Å². The van der Waals surface area contributed by atoms with E-state index in [9.17, 15) is 14.4 Å². The van der Waals surface area contributed by atoms with Gasteiger partial charge in [0.1, 0.15) is 13.2 Å². The molecule has 0 aromatic rings. The van der Waals surface area contributed by atoms with Crippen LogP contribution in [0.5, 0.6) is 0 Å². The average molecular weight is 1060 g/mol. The summed E-state index contributed by atoms with van der Waals surface area (Å²) in [5, 5.41) is 0. The molecule has 6 heteroatoms. The molecular weight excluding hydrogens is 949 g/mol. The zero-order chi connectivity index (χ0) is 55.7. The molecule has 0 amide bonds. The highest BCUT2D eigenvalue weighted by molar-refractivity contribution is 5.71. The Bertz CT molecular complexity index is 1700. The Morgan fingerprint density at radius 1 is 0.273 bits per heavy atom. The van der Waals surface area contributed by atoms with Crippen molar-refractivity contribution in [1.29, 1.82) is 0 Å². The maximum atomic E-state index is 12.9. The molecule has 1 unspecified atom stereocenters. The lowest BCUT2D eigenvalue weighted by atomic mass is 10.1. The molecule has 6 nitrogen and oxygen atoms in total. The van der Waals surface area contributed by atoms with E-state index in [4.69, 9.17) is 14.2 Å². The number of esters is 3. The molecule has 77 heavy (non-hydrogen) atoms. The highest BCUT2D eigenvalue weighted by atomic mass is 16.6. The van der Waals surface area contributed by atoms with Crippen molar-refractivity contribution in [2.45, 2.75) is 271 Å². The number of ether oxygens (including phenoxy) is 3. The molecule has 0 aliphatic carbocycles. The molecule has 1 atom stereocenters. The van der Waals surface area contributed by atoms with E-state index in [1.54, 1.807) is 0 Å². The van der Waals surface area contributed by atoms with E-state index in [1.807, 2.05) is 0 Å². The van der Waals surface area contributed by atoms with Crippen LogP contribution >= 0.6 is 0 Å². The second kappa shape index (κ2) is 63.8. The summed E-state index contributed by atoms with van der Waals surface area (Å²) in [4.78, 5) is 38.3. The smallest absolute Gasteiger partial charge is 0.306 e. The quantitative estimate of drug-likeness (QED) is 0.0261. The minimum Gasteiger partial charge on any atom is -0.462 e. The summed E-state index contributed by atoms with van der Waals surface area (Å²) >= 11 is 0. The Hall–Kier alpha value is -4.71. The minimum absolute atomic E-state index is 0.100. The third kappa shape index (κ3) is 62.0. The maximum Gasteiger partial charge on any atom is 0.306 e. The van der Waals surface area contributed by atoms with Crippen molar-refractivity contribution in [1.82, 2.24) is 0 Å². The van der Waals surface area contributed by atoms with Gasteiger partial charge in [-0.15, -0.1) is 0 Å². The molecule has 0 saturated carbocycles. The van der Waals surface area contributed by atoms with E-state index < -0.39 is 6.10 Å². The van der Waals surface area contributed by atoms with Gasteiger partial charge >= 0.3 is 17.9 Å². The highest BCUT2D eigenvalue weighted by Crippen LogP contribution is 2.14. The third-order valence-corrected chi connectivity index (χ3v) is 12.8. The van der Waals surface area contributed by atoms with Crippen LogP contribution in [0.15, 0.2) is 146 Å². The molecule has 0 spiro atoms. The van der Waals surface area contributed by atoms with Gasteiger partial charge in [0.05, 0.1) is 0 Å². The van der Waals surface area contributed by atoms with Crippen molar-refractivity contribution in [2.24, 2.45) is 0 Å². The fourth-order valence-electron chi connectivity index (χ4n) is 8.17. The number of allylic oxidation sites excluding steroid dienone is 24. The van der Waals surface area contributed by atoms with Gasteiger partial charge in [-0.25, -0.2) is 0 Å². The first kappa shape index (κ1) is 72.3. The lowest BCUT2D eigenvalue weighted by Gasteiger charge is -2.18. The molecule has 0 N–H and O–H groups in total. The van der Waals surface area contributed by atoms with Gasteiger partial charge in [0.15, 0.2) is 6.10 Å².